The molecule has 0 fully saturated rings. The van der Waals surface area contributed by atoms with Gasteiger partial charge >= 0.3 is 0 Å². The molecule has 21 heavy (non-hydrogen) atoms. The van der Waals surface area contributed by atoms with Crippen molar-refractivity contribution in [3.05, 3.63) is 23.8 Å². The highest BCUT2D eigenvalue weighted by Gasteiger charge is 2.28. The maximum absolute atomic E-state index is 13.7. The van der Waals surface area contributed by atoms with Crippen LogP contribution in [0.2, 0.25) is 0 Å². The molecule has 1 aromatic rings. The van der Waals surface area contributed by atoms with Crippen molar-refractivity contribution in [3.63, 3.8) is 0 Å². The van der Waals surface area contributed by atoms with E-state index in [1.807, 2.05) is 0 Å². The fraction of sp³-hybridized carbons (Fsp3) is 0.333. The van der Waals surface area contributed by atoms with Crippen LogP contribution in [0.1, 0.15) is 12.8 Å². The second-order valence-electron chi connectivity index (χ2n) is 4.02. The lowest BCUT2D eigenvalue weighted by Crippen LogP contribution is -2.33. The molecule has 0 saturated carbocycles. The summed E-state index contributed by atoms with van der Waals surface area (Å²) in [5.74, 6) is -2.34. The smallest absolute Gasteiger partial charge is 0.246 e. The van der Waals surface area contributed by atoms with Gasteiger partial charge in [-0.1, -0.05) is 0 Å². The average Bonchev–Trinajstić information content (AvgIpc) is 2.42. The molecule has 0 aliphatic rings. The van der Waals surface area contributed by atoms with Gasteiger partial charge in [-0.25, -0.2) is 17.2 Å². The van der Waals surface area contributed by atoms with Crippen LogP contribution in [-0.2, 0) is 10.0 Å². The van der Waals surface area contributed by atoms with Gasteiger partial charge in [-0.05, 0) is 6.07 Å². The van der Waals surface area contributed by atoms with Crippen LogP contribution in [0.3, 0.4) is 0 Å². The summed E-state index contributed by atoms with van der Waals surface area (Å²) in [5, 5.41) is 17.1. The van der Waals surface area contributed by atoms with Gasteiger partial charge in [0.15, 0.2) is 0 Å². The number of hydrogen-bond acceptors (Lipinski definition) is 5. The highest BCUT2D eigenvalue weighted by Crippen LogP contribution is 2.24. The molecule has 112 valence electrons. The number of halogens is 2. The minimum atomic E-state index is -4.31. The summed E-state index contributed by atoms with van der Waals surface area (Å²) in [6, 6.07) is 4.60. The van der Waals surface area contributed by atoms with E-state index in [0.29, 0.717) is 12.1 Å². The molecule has 2 N–H and O–H groups in total. The number of nitrogen functional groups attached to an aromatic ring is 1. The number of anilines is 1. The highest BCUT2D eigenvalue weighted by atomic mass is 32.2. The number of nitriles is 2. The van der Waals surface area contributed by atoms with Crippen molar-refractivity contribution in [1.29, 1.82) is 10.5 Å². The third-order valence-corrected chi connectivity index (χ3v) is 4.53. The molecule has 6 nitrogen and oxygen atoms in total. The van der Waals surface area contributed by atoms with E-state index in [4.69, 9.17) is 16.3 Å². The lowest BCUT2D eigenvalue weighted by Gasteiger charge is -2.20. The molecule has 1 rings (SSSR count). The summed E-state index contributed by atoms with van der Waals surface area (Å²) in [6.45, 7) is -0.394. The predicted molar refractivity (Wildman–Crippen MR) is 70.0 cm³/mol. The molecule has 0 bridgehead atoms. The minimum Gasteiger partial charge on any atom is -0.396 e. The van der Waals surface area contributed by atoms with Crippen molar-refractivity contribution in [2.24, 2.45) is 0 Å². The molecule has 0 saturated heterocycles. The Kier molecular flexibility index (Phi) is 5.59. The maximum atomic E-state index is 13.7. The van der Waals surface area contributed by atoms with Crippen LogP contribution in [0, 0.1) is 34.3 Å². The van der Waals surface area contributed by atoms with Crippen molar-refractivity contribution in [3.8, 4) is 12.1 Å². The molecule has 0 atom stereocenters. The zero-order valence-corrected chi connectivity index (χ0v) is 11.7. The van der Waals surface area contributed by atoms with E-state index in [-0.39, 0.29) is 25.9 Å². The number of sulfonamides is 1. The molecule has 9 heteroatoms. The van der Waals surface area contributed by atoms with E-state index in [1.54, 1.807) is 12.1 Å². The summed E-state index contributed by atoms with van der Waals surface area (Å²) < 4.78 is 52.2. The number of hydrogen-bond donors (Lipinski definition) is 1. The largest absolute Gasteiger partial charge is 0.396 e. The van der Waals surface area contributed by atoms with Gasteiger partial charge in [0.1, 0.15) is 16.5 Å². The first kappa shape index (κ1) is 16.8. The molecule has 0 unspecified atom stereocenters. The number of rotatable bonds is 6. The fourth-order valence-electron chi connectivity index (χ4n) is 1.58. The number of nitrogens with zero attached hydrogens (tertiary/aromatic N) is 3. The van der Waals surface area contributed by atoms with Crippen molar-refractivity contribution in [2.75, 3.05) is 18.8 Å². The number of benzene rings is 1. The van der Waals surface area contributed by atoms with Crippen LogP contribution in [0.4, 0.5) is 14.5 Å². The van der Waals surface area contributed by atoms with E-state index in [2.05, 4.69) is 0 Å². The first-order valence-corrected chi connectivity index (χ1v) is 7.27. The van der Waals surface area contributed by atoms with E-state index < -0.39 is 32.2 Å². The SMILES string of the molecule is N#CCCN(CCC#N)S(=O)(=O)c1cc(N)c(F)cc1F. The van der Waals surface area contributed by atoms with Crippen molar-refractivity contribution in [2.45, 2.75) is 17.7 Å². The van der Waals surface area contributed by atoms with E-state index in [0.717, 1.165) is 4.31 Å². The second kappa shape index (κ2) is 6.97. The van der Waals surface area contributed by atoms with E-state index >= 15 is 0 Å². The first-order valence-electron chi connectivity index (χ1n) is 5.83. The van der Waals surface area contributed by atoms with Crippen molar-refractivity contribution in [1.82, 2.24) is 4.31 Å². The van der Waals surface area contributed by atoms with Crippen LogP contribution in [0.5, 0.6) is 0 Å². The van der Waals surface area contributed by atoms with Crippen LogP contribution >= 0.6 is 0 Å². The summed E-state index contributed by atoms with van der Waals surface area (Å²) in [6.07, 6.45) is -0.244. The average molecular weight is 314 g/mol. The molecule has 0 heterocycles. The van der Waals surface area contributed by atoms with Gasteiger partial charge in [-0.15, -0.1) is 0 Å². The van der Waals surface area contributed by atoms with Crippen LogP contribution in [-0.4, -0.2) is 25.8 Å². The normalized spacial score (nSPS) is 11.1. The quantitative estimate of drug-likeness (QED) is 0.797. The molecular weight excluding hydrogens is 302 g/mol. The molecule has 0 aliphatic carbocycles. The molecular formula is C12H12F2N4O2S. The lowest BCUT2D eigenvalue weighted by atomic mass is 10.3. The monoisotopic (exact) mass is 314 g/mol. The van der Waals surface area contributed by atoms with E-state index in [9.17, 15) is 17.2 Å². The standard InChI is InChI=1S/C12H12F2N4O2S/c13-9-7-10(14)12(8-11(9)17)21(19,20)18(5-1-3-15)6-2-4-16/h7-8H,1-2,5-6,17H2. The molecule has 0 spiro atoms. The summed E-state index contributed by atoms with van der Waals surface area (Å²) in [4.78, 5) is -0.780. The van der Waals surface area contributed by atoms with Crippen LogP contribution < -0.4 is 5.73 Å². The minimum absolute atomic E-state index is 0.122. The second-order valence-corrected chi connectivity index (χ2v) is 5.93. The lowest BCUT2D eigenvalue weighted by molar-refractivity contribution is 0.420. The van der Waals surface area contributed by atoms with Gasteiger partial charge in [0, 0.05) is 32.0 Å². The number of nitrogens with two attached hydrogens (primary N) is 1. The molecule has 0 aromatic heterocycles. The third kappa shape index (κ3) is 3.88. The van der Waals surface area contributed by atoms with Crippen LogP contribution in [0.25, 0.3) is 0 Å². The summed E-state index contributed by atoms with van der Waals surface area (Å²) >= 11 is 0. The van der Waals surface area contributed by atoms with Gasteiger partial charge in [-0.3, -0.25) is 0 Å². The highest BCUT2D eigenvalue weighted by molar-refractivity contribution is 7.89. The first-order chi connectivity index (χ1) is 9.84. The third-order valence-electron chi connectivity index (χ3n) is 2.62. The summed E-state index contributed by atoms with van der Waals surface area (Å²) in [7, 11) is -4.31. The Bertz CT molecular complexity index is 689. The zero-order chi connectivity index (χ0) is 16.0. The molecule has 0 aliphatic heterocycles. The van der Waals surface area contributed by atoms with Gasteiger partial charge in [-0.2, -0.15) is 14.8 Å². The van der Waals surface area contributed by atoms with Gasteiger partial charge in [0.05, 0.1) is 17.8 Å². The van der Waals surface area contributed by atoms with Gasteiger partial charge in [0.25, 0.3) is 0 Å². The van der Waals surface area contributed by atoms with Gasteiger partial charge in [0.2, 0.25) is 10.0 Å². The Morgan fingerprint density at radius 3 is 2.10 bits per heavy atom. The Hall–Kier alpha value is -2.23. The Labute approximate surface area is 121 Å². The Morgan fingerprint density at radius 2 is 1.62 bits per heavy atom. The molecule has 0 amide bonds. The predicted octanol–water partition coefficient (Wildman–Crippen LogP) is 1.37. The summed E-state index contributed by atoms with van der Waals surface area (Å²) in [5.41, 5.74) is 4.75. The van der Waals surface area contributed by atoms with Crippen molar-refractivity contribution >= 4 is 15.7 Å². The fourth-order valence-corrected chi connectivity index (χ4v) is 3.11. The van der Waals surface area contributed by atoms with Crippen molar-refractivity contribution < 1.29 is 17.2 Å². The molecule has 1 aromatic carbocycles. The zero-order valence-electron chi connectivity index (χ0n) is 10.9. The maximum Gasteiger partial charge on any atom is 0.246 e. The molecule has 0 radical (unpaired) electrons. The topological polar surface area (TPSA) is 111 Å². The van der Waals surface area contributed by atoms with E-state index in [1.165, 1.54) is 0 Å². The van der Waals surface area contributed by atoms with Crippen LogP contribution in [0.15, 0.2) is 17.0 Å². The van der Waals surface area contributed by atoms with Gasteiger partial charge < -0.3 is 5.73 Å². The Morgan fingerprint density at radius 1 is 1.10 bits per heavy atom. The Balaban J connectivity index is 3.25.